The van der Waals surface area contributed by atoms with Crippen LogP contribution in [0.3, 0.4) is 0 Å². The predicted octanol–water partition coefficient (Wildman–Crippen LogP) is 13.0. The lowest BCUT2D eigenvalue weighted by Gasteiger charge is -2.34. The van der Waals surface area contributed by atoms with Gasteiger partial charge in [0.15, 0.2) is 8.07 Å². The van der Waals surface area contributed by atoms with Gasteiger partial charge in [0.25, 0.3) is 0 Å². The van der Waals surface area contributed by atoms with Crippen molar-refractivity contribution in [2.24, 2.45) is 0 Å². The largest absolute Gasteiger partial charge is 0.310 e. The van der Waals surface area contributed by atoms with Gasteiger partial charge in [0.05, 0.1) is 16.7 Å². The van der Waals surface area contributed by atoms with Crippen molar-refractivity contribution in [2.75, 3.05) is 4.90 Å². The Morgan fingerprint density at radius 2 is 0.841 bits per heavy atom. The average molecular weight is 819 g/mol. The zero-order valence-electron chi connectivity index (χ0n) is 34.6. The number of rotatable bonds is 9. The lowest BCUT2D eigenvalue weighted by atomic mass is 9.99. The number of para-hydroxylation sites is 1. The van der Waals surface area contributed by atoms with Crippen molar-refractivity contribution in [3.63, 3.8) is 0 Å². The number of benzene rings is 11. The van der Waals surface area contributed by atoms with E-state index >= 15 is 0 Å². The van der Waals surface area contributed by atoms with Crippen molar-refractivity contribution in [3.8, 4) is 16.8 Å². The third kappa shape index (κ3) is 6.00. The molecule has 0 aliphatic carbocycles. The summed E-state index contributed by atoms with van der Waals surface area (Å²) < 4.78 is 2.42. The van der Waals surface area contributed by atoms with Gasteiger partial charge in [-0.1, -0.05) is 200 Å². The van der Waals surface area contributed by atoms with Crippen molar-refractivity contribution < 1.29 is 0 Å². The van der Waals surface area contributed by atoms with Gasteiger partial charge in [-0.05, 0) is 103 Å². The Labute approximate surface area is 368 Å². The summed E-state index contributed by atoms with van der Waals surface area (Å²) in [6.45, 7) is 0. The molecule has 2 nitrogen and oxygen atoms in total. The zero-order chi connectivity index (χ0) is 41.7. The van der Waals surface area contributed by atoms with Crippen LogP contribution >= 0.6 is 0 Å². The molecule has 296 valence electrons. The molecule has 0 unspecified atom stereocenters. The molecule has 12 aromatic rings. The Balaban J connectivity index is 1.06. The average Bonchev–Trinajstić information content (AvgIpc) is 3.71. The molecule has 0 N–H and O–H groups in total. The van der Waals surface area contributed by atoms with E-state index in [-0.39, 0.29) is 0 Å². The summed E-state index contributed by atoms with van der Waals surface area (Å²) in [6, 6.07) is 94.2. The van der Waals surface area contributed by atoms with Crippen LogP contribution in [0.2, 0.25) is 0 Å². The summed E-state index contributed by atoms with van der Waals surface area (Å²) in [4.78, 5) is 2.46. The van der Waals surface area contributed by atoms with Crippen LogP contribution in [0, 0.1) is 0 Å². The van der Waals surface area contributed by atoms with Gasteiger partial charge in [-0.15, -0.1) is 0 Å². The first-order chi connectivity index (χ1) is 31.3. The van der Waals surface area contributed by atoms with E-state index < -0.39 is 8.07 Å². The summed E-state index contributed by atoms with van der Waals surface area (Å²) in [6.07, 6.45) is 0. The molecular formula is C60H42N2Si. The van der Waals surface area contributed by atoms with Crippen molar-refractivity contribution in [1.29, 1.82) is 0 Å². The summed E-state index contributed by atoms with van der Waals surface area (Å²) in [5.74, 6) is 0. The maximum atomic E-state index is 2.47. The van der Waals surface area contributed by atoms with Crippen molar-refractivity contribution >= 4 is 89.2 Å². The van der Waals surface area contributed by atoms with Crippen LogP contribution in [0.25, 0.3) is 60.2 Å². The second kappa shape index (κ2) is 15.2. The van der Waals surface area contributed by atoms with E-state index in [1.54, 1.807) is 0 Å². The van der Waals surface area contributed by atoms with E-state index in [1.807, 2.05) is 0 Å². The number of hydrogen-bond donors (Lipinski definition) is 0. The molecule has 0 radical (unpaired) electrons. The molecule has 0 saturated carbocycles. The van der Waals surface area contributed by atoms with E-state index in [4.69, 9.17) is 0 Å². The summed E-state index contributed by atoms with van der Waals surface area (Å²) in [7, 11) is -2.69. The molecule has 1 heterocycles. The number of nitrogens with zero attached hydrogens (tertiary/aromatic N) is 2. The van der Waals surface area contributed by atoms with E-state index in [1.165, 1.54) is 75.2 Å². The molecule has 0 bridgehead atoms. The molecule has 0 saturated heterocycles. The highest BCUT2D eigenvalue weighted by Gasteiger charge is 2.41. The van der Waals surface area contributed by atoms with Gasteiger partial charge in [-0.25, -0.2) is 0 Å². The molecule has 0 aliphatic rings. The minimum Gasteiger partial charge on any atom is -0.310 e. The maximum Gasteiger partial charge on any atom is 0.179 e. The molecule has 0 fully saturated rings. The fraction of sp³-hybridized carbons (Fsp3) is 0. The monoisotopic (exact) mass is 818 g/mol. The third-order valence-electron chi connectivity index (χ3n) is 13.1. The highest BCUT2D eigenvalue weighted by atomic mass is 28.3. The van der Waals surface area contributed by atoms with Gasteiger partial charge in [0.1, 0.15) is 0 Å². The number of hydrogen-bond acceptors (Lipinski definition) is 1. The molecule has 63 heavy (non-hydrogen) atoms. The third-order valence-corrected chi connectivity index (χ3v) is 17.8. The van der Waals surface area contributed by atoms with Crippen molar-refractivity contribution in [1.82, 2.24) is 4.57 Å². The summed E-state index contributed by atoms with van der Waals surface area (Å²) in [5.41, 5.74) is 9.36. The molecule has 0 spiro atoms. The second-order valence-corrected chi connectivity index (χ2v) is 20.3. The normalized spacial score (nSPS) is 11.8. The van der Waals surface area contributed by atoms with E-state index in [2.05, 4.69) is 264 Å². The highest BCUT2D eigenvalue weighted by molar-refractivity contribution is 7.20. The molecule has 1 aromatic heterocycles. The SMILES string of the molecule is c1ccc(-c2ccc(N(c3ccc4cc([Si](c5ccccc5)(c5ccccc5)c5ccccc5)ccc4c3)c3ccc4c5c3ccc3cccc(c35)n4-c3ccccc3)cc2)cc1. The van der Waals surface area contributed by atoms with Crippen molar-refractivity contribution in [2.45, 2.75) is 0 Å². The quantitative estimate of drug-likeness (QED) is 0.0800. The Morgan fingerprint density at radius 1 is 0.317 bits per heavy atom. The van der Waals surface area contributed by atoms with Gasteiger partial charge in [-0.3, -0.25) is 0 Å². The first-order valence-electron chi connectivity index (χ1n) is 21.8. The summed E-state index contributed by atoms with van der Waals surface area (Å²) >= 11 is 0. The van der Waals surface area contributed by atoms with Gasteiger partial charge in [0.2, 0.25) is 0 Å². The van der Waals surface area contributed by atoms with Crippen LogP contribution in [-0.4, -0.2) is 12.6 Å². The molecule has 11 aromatic carbocycles. The lowest BCUT2D eigenvalue weighted by Crippen LogP contribution is -2.74. The molecule has 12 rings (SSSR count). The maximum absolute atomic E-state index is 2.69. The van der Waals surface area contributed by atoms with Crippen LogP contribution < -0.4 is 25.6 Å². The smallest absolute Gasteiger partial charge is 0.179 e. The first-order valence-corrected chi connectivity index (χ1v) is 23.8. The molecule has 3 heteroatoms. The Bertz CT molecular complexity index is 3430. The van der Waals surface area contributed by atoms with Gasteiger partial charge in [-0.2, -0.15) is 0 Å². The van der Waals surface area contributed by atoms with Crippen LogP contribution in [-0.2, 0) is 0 Å². The highest BCUT2D eigenvalue weighted by Crippen LogP contribution is 2.46. The van der Waals surface area contributed by atoms with E-state index in [0.29, 0.717) is 0 Å². The number of aromatic nitrogens is 1. The fourth-order valence-corrected chi connectivity index (χ4v) is 15.0. The van der Waals surface area contributed by atoms with Crippen LogP contribution in [0.1, 0.15) is 0 Å². The van der Waals surface area contributed by atoms with Crippen LogP contribution in [0.5, 0.6) is 0 Å². The van der Waals surface area contributed by atoms with E-state index in [0.717, 1.165) is 22.7 Å². The fourth-order valence-electron chi connectivity index (χ4n) is 10.3. The minimum atomic E-state index is -2.69. The minimum absolute atomic E-state index is 1.11. The van der Waals surface area contributed by atoms with Crippen LogP contribution in [0.15, 0.2) is 255 Å². The molecular weight excluding hydrogens is 777 g/mol. The summed E-state index contributed by atoms with van der Waals surface area (Å²) in [5, 5.41) is 13.0. The Kier molecular flexibility index (Phi) is 8.87. The molecule has 0 atom stereocenters. The Morgan fingerprint density at radius 3 is 1.49 bits per heavy atom. The van der Waals surface area contributed by atoms with Gasteiger partial charge in [0, 0.05) is 33.2 Å². The van der Waals surface area contributed by atoms with Crippen molar-refractivity contribution in [3.05, 3.63) is 255 Å². The number of anilines is 3. The van der Waals surface area contributed by atoms with Gasteiger partial charge >= 0.3 is 0 Å². The first kappa shape index (κ1) is 36.8. The molecule has 0 amide bonds. The molecule has 0 aliphatic heterocycles. The Hall–Kier alpha value is -7.98. The topological polar surface area (TPSA) is 8.17 Å². The lowest BCUT2D eigenvalue weighted by molar-refractivity contribution is 1.18. The zero-order valence-corrected chi connectivity index (χ0v) is 35.6. The van der Waals surface area contributed by atoms with Crippen LogP contribution in [0.4, 0.5) is 17.1 Å². The second-order valence-electron chi connectivity index (χ2n) is 16.5. The van der Waals surface area contributed by atoms with E-state index in [9.17, 15) is 0 Å². The standard InChI is InChI=1S/C60H42N2Si/c1-6-17-43(18-7-1)44-29-34-49(35-30-44)61(56-39-40-58-60-55(56)38-33-45-19-16-28-57(59(45)60)62(58)48-20-8-2-9-21-48)50-36-31-47-42-54(37-32-46(47)41-50)63(51-22-10-3-11-23-51,52-24-12-4-13-25-52)53-26-14-5-15-27-53/h1-42H. The predicted molar refractivity (Wildman–Crippen MR) is 271 cm³/mol. The van der Waals surface area contributed by atoms with Gasteiger partial charge < -0.3 is 9.47 Å². The number of fused-ring (bicyclic) bond motifs is 1.